The molecule has 0 aromatic heterocycles. The zero-order valence-electron chi connectivity index (χ0n) is 28.0. The lowest BCUT2D eigenvalue weighted by atomic mass is 10.2. The number of carbonyl (C=O) groups is 1. The average molecular weight is 697 g/mol. The maximum absolute atomic E-state index is 12.0. The van der Waals surface area contributed by atoms with Gasteiger partial charge in [0.05, 0.1) is 130 Å². The van der Waals surface area contributed by atoms with Gasteiger partial charge in [-0.3, -0.25) is 8.98 Å². The third-order valence-electron chi connectivity index (χ3n) is 5.95. The van der Waals surface area contributed by atoms with Crippen molar-refractivity contribution < 1.29 is 64.8 Å². The fourth-order valence-electron chi connectivity index (χ4n) is 3.53. The van der Waals surface area contributed by atoms with E-state index in [9.17, 15) is 13.2 Å². The van der Waals surface area contributed by atoms with E-state index in [4.69, 9.17) is 51.6 Å². The van der Waals surface area contributed by atoms with E-state index in [1.54, 1.807) is 18.2 Å². The summed E-state index contributed by atoms with van der Waals surface area (Å²) in [5.74, 6) is -0.167. The Hall–Kier alpha value is -1.76. The predicted molar refractivity (Wildman–Crippen MR) is 172 cm³/mol. The normalized spacial score (nSPS) is 11.7. The second-order valence-corrected chi connectivity index (χ2v) is 11.4. The molecule has 0 amide bonds. The van der Waals surface area contributed by atoms with Crippen LogP contribution in [-0.2, 0) is 66.5 Å². The number of ether oxygens (including phenoxy) is 10. The summed E-state index contributed by atoms with van der Waals surface area (Å²) >= 11 is 0. The Labute approximate surface area is 280 Å². The lowest BCUT2D eigenvalue weighted by molar-refractivity contribution is -0.145. The van der Waals surface area contributed by atoms with Crippen molar-refractivity contribution >= 4 is 16.1 Å². The Morgan fingerprint density at radius 3 is 1.19 bits per heavy atom. The van der Waals surface area contributed by atoms with Gasteiger partial charge in [0, 0.05) is 6.42 Å². The van der Waals surface area contributed by atoms with Crippen molar-refractivity contribution in [2.24, 2.45) is 0 Å². The minimum Gasteiger partial charge on any atom is -0.463 e. The van der Waals surface area contributed by atoms with Gasteiger partial charge in [0.2, 0.25) is 0 Å². The first-order valence-electron chi connectivity index (χ1n) is 16.4. The molecular formula is C32H56O14S. The number of esters is 1. The largest absolute Gasteiger partial charge is 0.463 e. The van der Waals surface area contributed by atoms with Crippen LogP contribution in [-0.4, -0.2) is 147 Å². The maximum Gasteiger partial charge on any atom is 0.305 e. The molecule has 0 heterocycles. The second kappa shape index (κ2) is 32.8. The van der Waals surface area contributed by atoms with Crippen molar-refractivity contribution in [1.82, 2.24) is 0 Å². The third kappa shape index (κ3) is 28.9. The quantitative estimate of drug-likeness (QED) is 0.0574. The summed E-state index contributed by atoms with van der Waals surface area (Å²) in [4.78, 5) is 11.6. The van der Waals surface area contributed by atoms with Crippen LogP contribution in [0.5, 0.6) is 0 Å². The van der Waals surface area contributed by atoms with Gasteiger partial charge < -0.3 is 47.4 Å². The number of hydrogen-bond donors (Lipinski definition) is 0. The molecule has 0 aliphatic heterocycles. The molecule has 14 nitrogen and oxygen atoms in total. The fourth-order valence-corrected chi connectivity index (χ4v) is 4.44. The number of carbonyl (C=O) groups excluding carboxylic acids is 1. The zero-order valence-corrected chi connectivity index (χ0v) is 28.8. The molecule has 0 bridgehead atoms. The van der Waals surface area contributed by atoms with Crippen LogP contribution >= 0.6 is 0 Å². The van der Waals surface area contributed by atoms with Gasteiger partial charge in [-0.2, -0.15) is 8.42 Å². The molecule has 0 aliphatic rings. The van der Waals surface area contributed by atoms with Crippen molar-refractivity contribution in [3.05, 3.63) is 30.3 Å². The van der Waals surface area contributed by atoms with E-state index in [0.717, 1.165) is 19.3 Å². The minimum absolute atomic E-state index is 0.0614. The monoisotopic (exact) mass is 696 g/mol. The second-order valence-electron chi connectivity index (χ2n) is 9.78. The van der Waals surface area contributed by atoms with Crippen LogP contribution in [0.1, 0.15) is 32.6 Å². The molecule has 0 unspecified atom stereocenters. The van der Waals surface area contributed by atoms with Gasteiger partial charge in [0.1, 0.15) is 6.61 Å². The first kappa shape index (κ1) is 43.3. The number of rotatable bonds is 36. The third-order valence-corrected chi connectivity index (χ3v) is 7.28. The molecule has 0 aliphatic carbocycles. The summed E-state index contributed by atoms with van der Waals surface area (Å²) in [6.07, 6.45) is 3.47. The maximum atomic E-state index is 12.0. The number of hydrogen-bond acceptors (Lipinski definition) is 14. The molecule has 0 fully saturated rings. The van der Waals surface area contributed by atoms with E-state index in [0.29, 0.717) is 119 Å². The molecule has 0 spiro atoms. The highest BCUT2D eigenvalue weighted by molar-refractivity contribution is 7.86. The molecule has 1 aromatic carbocycles. The van der Waals surface area contributed by atoms with Gasteiger partial charge in [0.25, 0.3) is 10.1 Å². The standard InChI is InChI=1S/C32H56O14S/c1-2-3-5-10-32(33)45-29-27-43-25-23-41-21-19-39-17-15-37-13-11-36-12-14-38-16-18-40-20-22-42-24-26-44-28-30-46-47(34,35)31-8-6-4-7-9-31/h4,6-9H,2-3,5,10-30H2,1H3. The van der Waals surface area contributed by atoms with Gasteiger partial charge in [-0.1, -0.05) is 38.0 Å². The van der Waals surface area contributed by atoms with Gasteiger partial charge in [-0.25, -0.2) is 0 Å². The van der Waals surface area contributed by atoms with Crippen LogP contribution in [0, 0.1) is 0 Å². The van der Waals surface area contributed by atoms with Crippen molar-refractivity contribution in [2.45, 2.75) is 37.5 Å². The molecule has 0 saturated carbocycles. The zero-order chi connectivity index (χ0) is 33.9. The minimum atomic E-state index is -3.76. The van der Waals surface area contributed by atoms with E-state index in [2.05, 4.69) is 6.92 Å². The van der Waals surface area contributed by atoms with Crippen molar-refractivity contribution in [1.29, 1.82) is 0 Å². The lowest BCUT2D eigenvalue weighted by Crippen LogP contribution is -2.16. The predicted octanol–water partition coefficient (Wildman–Crippen LogP) is 2.66. The highest BCUT2D eigenvalue weighted by atomic mass is 32.2. The number of unbranched alkanes of at least 4 members (excludes halogenated alkanes) is 2. The Morgan fingerprint density at radius 2 is 0.830 bits per heavy atom. The summed E-state index contributed by atoms with van der Waals surface area (Å²) in [6.45, 7) is 9.96. The summed E-state index contributed by atoms with van der Waals surface area (Å²) in [6, 6.07) is 7.97. The molecule has 0 atom stereocenters. The van der Waals surface area contributed by atoms with Gasteiger partial charge in [0.15, 0.2) is 0 Å². The van der Waals surface area contributed by atoms with Gasteiger partial charge >= 0.3 is 5.97 Å². The van der Waals surface area contributed by atoms with E-state index in [1.165, 1.54) is 12.1 Å². The van der Waals surface area contributed by atoms with Crippen LogP contribution in [0.2, 0.25) is 0 Å². The molecule has 274 valence electrons. The molecule has 1 aromatic rings. The van der Waals surface area contributed by atoms with Crippen LogP contribution in [0.15, 0.2) is 35.2 Å². The lowest BCUT2D eigenvalue weighted by Gasteiger charge is -2.09. The topological polar surface area (TPSA) is 153 Å². The molecule has 15 heteroatoms. The number of benzene rings is 1. The summed E-state index contributed by atoms with van der Waals surface area (Å²) in [7, 11) is -3.76. The Balaban J connectivity index is 1.67. The van der Waals surface area contributed by atoms with E-state index < -0.39 is 10.1 Å². The molecule has 1 rings (SSSR count). The van der Waals surface area contributed by atoms with Gasteiger partial charge in [-0.05, 0) is 18.6 Å². The molecule has 47 heavy (non-hydrogen) atoms. The highest BCUT2D eigenvalue weighted by Gasteiger charge is 2.13. The van der Waals surface area contributed by atoms with Gasteiger partial charge in [-0.15, -0.1) is 0 Å². The SMILES string of the molecule is CCCCCC(=O)OCCOCCOCCOCCOCCOCCOCCOCCOCCOCCOS(=O)(=O)c1ccccc1. The molecule has 0 N–H and O–H groups in total. The Morgan fingerprint density at radius 1 is 0.489 bits per heavy atom. The van der Waals surface area contributed by atoms with Crippen molar-refractivity contribution in [3.8, 4) is 0 Å². The highest BCUT2D eigenvalue weighted by Crippen LogP contribution is 2.10. The first-order chi connectivity index (χ1) is 23.1. The van der Waals surface area contributed by atoms with Crippen molar-refractivity contribution in [3.63, 3.8) is 0 Å². The van der Waals surface area contributed by atoms with Crippen LogP contribution in [0.3, 0.4) is 0 Å². The first-order valence-corrected chi connectivity index (χ1v) is 17.8. The summed E-state index contributed by atoms with van der Waals surface area (Å²) in [5, 5.41) is 0. The van der Waals surface area contributed by atoms with E-state index >= 15 is 0 Å². The van der Waals surface area contributed by atoms with E-state index in [-0.39, 0.29) is 30.7 Å². The average Bonchev–Trinajstić information content (AvgIpc) is 3.07. The molecule has 0 saturated heterocycles. The molecular weight excluding hydrogens is 640 g/mol. The Kier molecular flexibility index (Phi) is 30.2. The smallest absolute Gasteiger partial charge is 0.305 e. The summed E-state index contributed by atoms with van der Waals surface area (Å²) < 4.78 is 82.7. The Bertz CT molecular complexity index is 920. The van der Waals surface area contributed by atoms with Crippen molar-refractivity contribution in [2.75, 3.05) is 132 Å². The summed E-state index contributed by atoms with van der Waals surface area (Å²) in [5.41, 5.74) is 0. The van der Waals surface area contributed by atoms with Crippen LogP contribution in [0.25, 0.3) is 0 Å². The van der Waals surface area contributed by atoms with E-state index in [1.807, 2.05) is 0 Å². The van der Waals surface area contributed by atoms with Crippen LogP contribution < -0.4 is 0 Å². The molecule has 0 radical (unpaired) electrons. The fraction of sp³-hybridized carbons (Fsp3) is 0.781. The van der Waals surface area contributed by atoms with Crippen LogP contribution in [0.4, 0.5) is 0 Å².